The number of carbonyl (C=O) groups excluding carboxylic acids is 2. The first-order valence-corrected chi connectivity index (χ1v) is 9.81. The molecule has 27 heavy (non-hydrogen) atoms. The minimum atomic E-state index is -3.65. The second kappa shape index (κ2) is 8.36. The predicted octanol–water partition coefficient (Wildman–Crippen LogP) is 1.52. The first-order valence-electron chi connectivity index (χ1n) is 8.32. The van der Waals surface area contributed by atoms with Crippen molar-refractivity contribution in [1.82, 2.24) is 15.4 Å². The van der Waals surface area contributed by atoms with Gasteiger partial charge in [0.25, 0.3) is 11.8 Å². The van der Waals surface area contributed by atoms with E-state index < -0.39 is 15.6 Å². The molecule has 0 aliphatic rings. The molecule has 146 valence electrons. The first-order chi connectivity index (χ1) is 12.6. The third-order valence-corrected chi connectivity index (χ3v) is 5.08. The van der Waals surface area contributed by atoms with Crippen molar-refractivity contribution in [3.8, 4) is 0 Å². The van der Waals surface area contributed by atoms with E-state index in [1.54, 1.807) is 26.8 Å². The molecule has 2 rings (SSSR count). The molecule has 0 bridgehead atoms. The molecular formula is C18H23N3O5S. The summed E-state index contributed by atoms with van der Waals surface area (Å²) in [7, 11) is -3.65. The number of hydrogen-bond acceptors (Lipinski definition) is 5. The van der Waals surface area contributed by atoms with Crippen LogP contribution in [0.4, 0.5) is 0 Å². The van der Waals surface area contributed by atoms with Crippen molar-refractivity contribution in [2.24, 2.45) is 0 Å². The van der Waals surface area contributed by atoms with E-state index in [-0.39, 0.29) is 35.6 Å². The predicted molar refractivity (Wildman–Crippen MR) is 99.9 cm³/mol. The van der Waals surface area contributed by atoms with Gasteiger partial charge in [-0.1, -0.05) is 0 Å². The number of rotatable bonds is 7. The maximum atomic E-state index is 12.2. The third-order valence-electron chi connectivity index (χ3n) is 3.31. The zero-order valence-electron chi connectivity index (χ0n) is 15.4. The topological polar surface area (TPSA) is 118 Å². The van der Waals surface area contributed by atoms with Crippen LogP contribution in [0.15, 0.2) is 52.0 Å². The van der Waals surface area contributed by atoms with Crippen LogP contribution in [0.1, 0.15) is 41.7 Å². The number of carbonyl (C=O) groups is 2. The van der Waals surface area contributed by atoms with Gasteiger partial charge in [-0.15, -0.1) is 0 Å². The lowest BCUT2D eigenvalue weighted by Gasteiger charge is -2.20. The Bertz CT molecular complexity index is 882. The molecule has 0 spiro atoms. The van der Waals surface area contributed by atoms with E-state index in [2.05, 4.69) is 15.4 Å². The molecule has 2 aromatic rings. The molecule has 3 N–H and O–H groups in total. The lowest BCUT2D eigenvalue weighted by molar-refractivity contribution is 0.0910. The average Bonchev–Trinajstić information content (AvgIpc) is 3.11. The van der Waals surface area contributed by atoms with Crippen molar-refractivity contribution in [1.29, 1.82) is 0 Å². The summed E-state index contributed by atoms with van der Waals surface area (Å²) in [6.45, 7) is 5.69. The Hall–Kier alpha value is -2.65. The molecule has 0 atom stereocenters. The van der Waals surface area contributed by atoms with Crippen LogP contribution in [0.25, 0.3) is 0 Å². The van der Waals surface area contributed by atoms with Gasteiger partial charge in [0, 0.05) is 24.2 Å². The number of sulfonamides is 1. The summed E-state index contributed by atoms with van der Waals surface area (Å²) >= 11 is 0. The standard InChI is InChI=1S/C18H23N3O5S/c1-18(2,3)21-27(24,25)14-8-6-13(7-9-14)16(22)19-10-11-20-17(23)15-5-4-12-26-15/h4-9,12,21H,10-11H2,1-3H3,(H,19,22)(H,20,23). The summed E-state index contributed by atoms with van der Waals surface area (Å²) in [6, 6.07) is 8.78. The molecule has 0 radical (unpaired) electrons. The SMILES string of the molecule is CC(C)(C)NS(=O)(=O)c1ccc(C(=O)NCCNC(=O)c2ccco2)cc1. The highest BCUT2D eigenvalue weighted by Gasteiger charge is 2.22. The van der Waals surface area contributed by atoms with E-state index in [0.717, 1.165) is 0 Å². The fourth-order valence-electron chi connectivity index (χ4n) is 2.20. The van der Waals surface area contributed by atoms with Crippen LogP contribution in [-0.4, -0.2) is 38.9 Å². The summed E-state index contributed by atoms with van der Waals surface area (Å²) in [4.78, 5) is 23.9. The second-order valence-electron chi connectivity index (χ2n) is 6.87. The van der Waals surface area contributed by atoms with Gasteiger partial charge in [0.1, 0.15) is 0 Å². The van der Waals surface area contributed by atoms with E-state index in [9.17, 15) is 18.0 Å². The Morgan fingerprint density at radius 3 is 2.07 bits per heavy atom. The van der Waals surface area contributed by atoms with Crippen molar-refractivity contribution in [3.05, 3.63) is 54.0 Å². The fourth-order valence-corrected chi connectivity index (χ4v) is 3.61. The molecule has 2 amide bonds. The highest BCUT2D eigenvalue weighted by molar-refractivity contribution is 7.89. The van der Waals surface area contributed by atoms with E-state index >= 15 is 0 Å². The molecule has 9 heteroatoms. The van der Waals surface area contributed by atoms with Gasteiger partial charge in [0.15, 0.2) is 5.76 Å². The van der Waals surface area contributed by atoms with E-state index in [0.29, 0.717) is 5.56 Å². The van der Waals surface area contributed by atoms with E-state index in [4.69, 9.17) is 4.42 Å². The smallest absolute Gasteiger partial charge is 0.287 e. The number of nitrogens with one attached hydrogen (secondary N) is 3. The van der Waals surface area contributed by atoms with Gasteiger partial charge in [-0.05, 0) is 57.2 Å². The van der Waals surface area contributed by atoms with E-state index in [1.807, 2.05) is 0 Å². The van der Waals surface area contributed by atoms with Crippen LogP contribution in [0, 0.1) is 0 Å². The van der Waals surface area contributed by atoms with Crippen molar-refractivity contribution in [2.45, 2.75) is 31.2 Å². The minimum Gasteiger partial charge on any atom is -0.459 e. The van der Waals surface area contributed by atoms with Crippen LogP contribution >= 0.6 is 0 Å². The second-order valence-corrected chi connectivity index (χ2v) is 8.55. The summed E-state index contributed by atoms with van der Waals surface area (Å²) in [5.41, 5.74) is -0.281. The maximum absolute atomic E-state index is 12.2. The lowest BCUT2D eigenvalue weighted by atomic mass is 10.1. The average molecular weight is 393 g/mol. The molecular weight excluding hydrogens is 370 g/mol. The van der Waals surface area contributed by atoms with Crippen molar-refractivity contribution in [3.63, 3.8) is 0 Å². The number of furan rings is 1. The number of hydrogen-bond donors (Lipinski definition) is 3. The van der Waals surface area contributed by atoms with Crippen molar-refractivity contribution >= 4 is 21.8 Å². The molecule has 0 saturated carbocycles. The van der Waals surface area contributed by atoms with Crippen LogP contribution in [0.2, 0.25) is 0 Å². The molecule has 0 aliphatic heterocycles. The molecule has 0 saturated heterocycles. The monoisotopic (exact) mass is 393 g/mol. The van der Waals surface area contributed by atoms with Gasteiger partial charge in [-0.25, -0.2) is 13.1 Å². The molecule has 0 fully saturated rings. The Balaban J connectivity index is 1.86. The van der Waals surface area contributed by atoms with Crippen molar-refractivity contribution < 1.29 is 22.4 Å². The molecule has 1 heterocycles. The van der Waals surface area contributed by atoms with Gasteiger partial charge < -0.3 is 15.1 Å². The van der Waals surface area contributed by atoms with Gasteiger partial charge in [0.05, 0.1) is 11.2 Å². The van der Waals surface area contributed by atoms with Crippen LogP contribution < -0.4 is 15.4 Å². The van der Waals surface area contributed by atoms with Crippen LogP contribution in [0.5, 0.6) is 0 Å². The molecule has 1 aromatic heterocycles. The summed E-state index contributed by atoms with van der Waals surface area (Å²) < 4.78 is 32.0. The molecule has 8 nitrogen and oxygen atoms in total. The van der Waals surface area contributed by atoms with Gasteiger partial charge in [0.2, 0.25) is 10.0 Å². The normalized spacial score (nSPS) is 11.8. The third kappa shape index (κ3) is 6.22. The van der Waals surface area contributed by atoms with Gasteiger partial charge in [-0.2, -0.15) is 0 Å². The van der Waals surface area contributed by atoms with Crippen LogP contribution in [0.3, 0.4) is 0 Å². The highest BCUT2D eigenvalue weighted by atomic mass is 32.2. The Labute approximate surface area is 158 Å². The Morgan fingerprint density at radius 2 is 1.56 bits per heavy atom. The maximum Gasteiger partial charge on any atom is 0.287 e. The first kappa shape index (κ1) is 20.7. The summed E-state index contributed by atoms with van der Waals surface area (Å²) in [6.07, 6.45) is 1.40. The zero-order valence-corrected chi connectivity index (χ0v) is 16.2. The summed E-state index contributed by atoms with van der Waals surface area (Å²) in [5, 5.41) is 5.25. The van der Waals surface area contributed by atoms with Gasteiger partial charge in [-0.3, -0.25) is 9.59 Å². The molecule has 0 aliphatic carbocycles. The fraction of sp³-hybridized carbons (Fsp3) is 0.333. The quantitative estimate of drug-likeness (QED) is 0.617. The Morgan fingerprint density at radius 1 is 0.963 bits per heavy atom. The van der Waals surface area contributed by atoms with Gasteiger partial charge >= 0.3 is 0 Å². The zero-order chi connectivity index (χ0) is 20.1. The Kier molecular flexibility index (Phi) is 6.40. The van der Waals surface area contributed by atoms with E-state index in [1.165, 1.54) is 36.6 Å². The molecule has 0 unspecified atom stereocenters. The van der Waals surface area contributed by atoms with Crippen LogP contribution in [-0.2, 0) is 10.0 Å². The number of amides is 2. The largest absolute Gasteiger partial charge is 0.459 e. The van der Waals surface area contributed by atoms with Crippen molar-refractivity contribution in [2.75, 3.05) is 13.1 Å². The molecule has 1 aromatic carbocycles. The number of benzene rings is 1. The lowest BCUT2D eigenvalue weighted by Crippen LogP contribution is -2.40. The summed E-state index contributed by atoms with van der Waals surface area (Å²) in [5.74, 6) is -0.535. The highest BCUT2D eigenvalue weighted by Crippen LogP contribution is 2.13. The minimum absolute atomic E-state index is 0.0830.